The summed E-state index contributed by atoms with van der Waals surface area (Å²) in [4.78, 5) is 31.8. The number of aromatic nitrogens is 2. The molecule has 1 heterocycles. The number of ether oxygens (including phenoxy) is 1. The number of aromatic amines is 1. The Balaban J connectivity index is 1.51. The van der Waals surface area contributed by atoms with Crippen LogP contribution in [-0.2, 0) is 4.74 Å². The van der Waals surface area contributed by atoms with E-state index in [0.717, 1.165) is 11.1 Å². The number of H-pyrrole nitrogens is 1. The second-order valence-corrected chi connectivity index (χ2v) is 6.64. The molecule has 0 radical (unpaired) electrons. The molecule has 0 aliphatic carbocycles. The molecule has 29 heavy (non-hydrogen) atoms. The zero-order chi connectivity index (χ0) is 20.4. The van der Waals surface area contributed by atoms with Crippen LogP contribution >= 0.6 is 0 Å². The second-order valence-electron chi connectivity index (χ2n) is 6.64. The summed E-state index contributed by atoms with van der Waals surface area (Å²) in [6.45, 7) is 1.66. The SMILES string of the molecule is C[C@H](OC(=O)c1ccc(-c2ccc(O)cc2)cc1)c1nc2ccccc2c(=O)[nH]1. The standard InChI is InChI=1S/C23H18N2O4/c1-14(21-24-20-5-3-2-4-19(20)22(27)25-21)29-23(28)17-8-6-15(7-9-17)16-10-12-18(26)13-11-16/h2-14,26H,1H3,(H,24,25,27)/t14-/m0/s1. The van der Waals surface area contributed by atoms with E-state index in [0.29, 0.717) is 22.3 Å². The zero-order valence-electron chi connectivity index (χ0n) is 15.6. The molecule has 2 N–H and O–H groups in total. The highest BCUT2D eigenvalue weighted by molar-refractivity contribution is 5.90. The minimum absolute atomic E-state index is 0.197. The third kappa shape index (κ3) is 3.87. The maximum Gasteiger partial charge on any atom is 0.338 e. The lowest BCUT2D eigenvalue weighted by Crippen LogP contribution is -2.17. The number of carbonyl (C=O) groups excluding carboxylic acids is 1. The molecule has 0 aliphatic heterocycles. The third-order valence-corrected chi connectivity index (χ3v) is 4.62. The van der Waals surface area contributed by atoms with Crippen LogP contribution in [0.5, 0.6) is 5.75 Å². The van der Waals surface area contributed by atoms with E-state index < -0.39 is 12.1 Å². The Labute approximate surface area is 166 Å². The predicted molar refractivity (Wildman–Crippen MR) is 110 cm³/mol. The number of rotatable bonds is 4. The molecule has 144 valence electrons. The number of carbonyl (C=O) groups is 1. The fourth-order valence-electron chi connectivity index (χ4n) is 3.03. The number of esters is 1. The van der Waals surface area contributed by atoms with Crippen molar-refractivity contribution in [1.29, 1.82) is 0 Å². The molecule has 1 aromatic heterocycles. The summed E-state index contributed by atoms with van der Waals surface area (Å²) >= 11 is 0. The van der Waals surface area contributed by atoms with Crippen molar-refractivity contribution in [2.75, 3.05) is 0 Å². The van der Waals surface area contributed by atoms with Crippen LogP contribution in [0.4, 0.5) is 0 Å². The van der Waals surface area contributed by atoms with Gasteiger partial charge in [0.2, 0.25) is 0 Å². The van der Waals surface area contributed by atoms with Crippen LogP contribution in [0.15, 0.2) is 77.6 Å². The fourth-order valence-corrected chi connectivity index (χ4v) is 3.03. The molecule has 0 bridgehead atoms. The highest BCUT2D eigenvalue weighted by atomic mass is 16.5. The fraction of sp³-hybridized carbons (Fsp3) is 0.0870. The van der Waals surface area contributed by atoms with Gasteiger partial charge in [-0.15, -0.1) is 0 Å². The Hall–Kier alpha value is -3.93. The van der Waals surface area contributed by atoms with Gasteiger partial charge in [0.05, 0.1) is 16.5 Å². The van der Waals surface area contributed by atoms with Crippen molar-refractivity contribution in [3.8, 4) is 16.9 Å². The van der Waals surface area contributed by atoms with Crippen LogP contribution in [0.25, 0.3) is 22.0 Å². The van der Waals surface area contributed by atoms with Gasteiger partial charge in [0.15, 0.2) is 11.9 Å². The molecule has 0 saturated heterocycles. The van der Waals surface area contributed by atoms with E-state index in [1.807, 2.05) is 12.1 Å². The number of phenolic OH excluding ortho intramolecular Hbond substituents is 1. The summed E-state index contributed by atoms with van der Waals surface area (Å²) in [7, 11) is 0. The lowest BCUT2D eigenvalue weighted by atomic mass is 10.0. The molecule has 0 spiro atoms. The first-order valence-corrected chi connectivity index (χ1v) is 9.11. The Bertz CT molecular complexity index is 1230. The van der Waals surface area contributed by atoms with Crippen molar-refractivity contribution in [1.82, 2.24) is 9.97 Å². The summed E-state index contributed by atoms with van der Waals surface area (Å²) in [5.74, 6) is -0.0170. The highest BCUT2D eigenvalue weighted by Gasteiger charge is 2.17. The number of phenols is 1. The first-order valence-electron chi connectivity index (χ1n) is 9.11. The van der Waals surface area contributed by atoms with E-state index in [1.54, 1.807) is 67.6 Å². The minimum Gasteiger partial charge on any atom is -0.508 e. The normalized spacial score (nSPS) is 11.9. The van der Waals surface area contributed by atoms with Crippen molar-refractivity contribution in [2.24, 2.45) is 0 Å². The third-order valence-electron chi connectivity index (χ3n) is 4.62. The quantitative estimate of drug-likeness (QED) is 0.513. The van der Waals surface area contributed by atoms with Crippen molar-refractivity contribution < 1.29 is 14.6 Å². The van der Waals surface area contributed by atoms with Crippen molar-refractivity contribution in [3.63, 3.8) is 0 Å². The highest BCUT2D eigenvalue weighted by Crippen LogP contribution is 2.23. The molecular weight excluding hydrogens is 368 g/mol. The molecule has 6 nitrogen and oxygen atoms in total. The van der Waals surface area contributed by atoms with Crippen molar-refractivity contribution in [3.05, 3.63) is 94.5 Å². The van der Waals surface area contributed by atoms with Gasteiger partial charge in [0.1, 0.15) is 5.75 Å². The minimum atomic E-state index is -0.711. The summed E-state index contributed by atoms with van der Waals surface area (Å²) in [6.07, 6.45) is -0.711. The van der Waals surface area contributed by atoms with Gasteiger partial charge >= 0.3 is 5.97 Å². The van der Waals surface area contributed by atoms with Gasteiger partial charge in [0, 0.05) is 0 Å². The maximum absolute atomic E-state index is 12.5. The lowest BCUT2D eigenvalue weighted by molar-refractivity contribution is 0.0320. The van der Waals surface area contributed by atoms with Gasteiger partial charge in [-0.3, -0.25) is 4.79 Å². The van der Waals surface area contributed by atoms with Gasteiger partial charge in [0.25, 0.3) is 5.56 Å². The smallest absolute Gasteiger partial charge is 0.338 e. The number of fused-ring (bicyclic) bond motifs is 1. The zero-order valence-corrected chi connectivity index (χ0v) is 15.6. The Kier molecular flexibility index (Phi) is 4.83. The van der Waals surface area contributed by atoms with Gasteiger partial charge < -0.3 is 14.8 Å². The molecule has 0 aliphatic rings. The van der Waals surface area contributed by atoms with Crippen LogP contribution in [0.1, 0.15) is 29.2 Å². The maximum atomic E-state index is 12.5. The van der Waals surface area contributed by atoms with E-state index in [1.165, 1.54) is 0 Å². The summed E-state index contributed by atoms with van der Waals surface area (Å²) in [5, 5.41) is 9.87. The molecule has 0 fully saturated rings. The molecule has 3 aromatic carbocycles. The number of para-hydroxylation sites is 1. The van der Waals surface area contributed by atoms with Crippen LogP contribution in [-0.4, -0.2) is 21.0 Å². The second kappa shape index (κ2) is 7.59. The Morgan fingerprint density at radius 2 is 1.59 bits per heavy atom. The van der Waals surface area contributed by atoms with Gasteiger partial charge in [-0.25, -0.2) is 9.78 Å². The number of benzene rings is 3. The van der Waals surface area contributed by atoms with E-state index in [-0.39, 0.29) is 11.3 Å². The Morgan fingerprint density at radius 3 is 2.28 bits per heavy atom. The summed E-state index contributed by atoms with van der Waals surface area (Å²) < 4.78 is 5.48. The van der Waals surface area contributed by atoms with Gasteiger partial charge in [-0.1, -0.05) is 36.4 Å². The number of hydrogen-bond acceptors (Lipinski definition) is 5. The predicted octanol–water partition coefficient (Wildman–Crippen LogP) is 4.21. The van der Waals surface area contributed by atoms with E-state index in [4.69, 9.17) is 4.74 Å². The number of hydrogen-bond donors (Lipinski definition) is 2. The van der Waals surface area contributed by atoms with E-state index in [2.05, 4.69) is 9.97 Å². The monoisotopic (exact) mass is 386 g/mol. The number of nitrogens with zero attached hydrogens (tertiary/aromatic N) is 1. The van der Waals surface area contributed by atoms with Crippen LogP contribution in [0.2, 0.25) is 0 Å². The molecule has 1 atom stereocenters. The summed E-state index contributed by atoms with van der Waals surface area (Å²) in [6, 6.07) is 20.8. The van der Waals surface area contributed by atoms with Gasteiger partial charge in [-0.05, 0) is 54.4 Å². The lowest BCUT2D eigenvalue weighted by Gasteiger charge is -2.13. The van der Waals surface area contributed by atoms with Crippen molar-refractivity contribution in [2.45, 2.75) is 13.0 Å². The van der Waals surface area contributed by atoms with Crippen LogP contribution < -0.4 is 5.56 Å². The molecule has 0 unspecified atom stereocenters. The molecule has 4 rings (SSSR count). The van der Waals surface area contributed by atoms with Crippen molar-refractivity contribution >= 4 is 16.9 Å². The van der Waals surface area contributed by atoms with Gasteiger partial charge in [-0.2, -0.15) is 0 Å². The number of aromatic hydroxyl groups is 1. The van der Waals surface area contributed by atoms with E-state index >= 15 is 0 Å². The first-order chi connectivity index (χ1) is 14.0. The molecular formula is C23H18N2O4. The largest absolute Gasteiger partial charge is 0.508 e. The summed E-state index contributed by atoms with van der Waals surface area (Å²) in [5.41, 5.74) is 2.51. The number of nitrogens with one attached hydrogen (secondary N) is 1. The van der Waals surface area contributed by atoms with Crippen LogP contribution in [0, 0.1) is 0 Å². The average molecular weight is 386 g/mol. The molecule has 6 heteroatoms. The molecule has 0 saturated carbocycles. The Morgan fingerprint density at radius 1 is 0.966 bits per heavy atom. The molecule has 0 amide bonds. The first kappa shape index (κ1) is 18.4. The van der Waals surface area contributed by atoms with Crippen LogP contribution in [0.3, 0.4) is 0 Å². The topological polar surface area (TPSA) is 92.3 Å². The van der Waals surface area contributed by atoms with E-state index in [9.17, 15) is 14.7 Å². The molecule has 4 aromatic rings. The average Bonchev–Trinajstić information content (AvgIpc) is 2.74.